The summed E-state index contributed by atoms with van der Waals surface area (Å²) in [5.74, 6) is 2.79. The Morgan fingerprint density at radius 1 is 0.967 bits per heavy atom. The van der Waals surface area contributed by atoms with Crippen molar-refractivity contribution in [1.29, 1.82) is 0 Å². The Morgan fingerprint density at radius 3 is 2.40 bits per heavy atom. The van der Waals surface area contributed by atoms with Crippen LogP contribution in [0.4, 0.5) is 5.95 Å². The monoisotopic (exact) mass is 405 g/mol. The van der Waals surface area contributed by atoms with Gasteiger partial charge in [-0.2, -0.15) is 9.67 Å². The largest absolute Gasteiger partial charge is 0.493 e. The molecule has 1 N–H and O–H groups in total. The van der Waals surface area contributed by atoms with Crippen molar-refractivity contribution in [2.75, 3.05) is 19.5 Å². The van der Waals surface area contributed by atoms with Crippen LogP contribution in [0.15, 0.2) is 42.9 Å². The fourth-order valence-electron chi connectivity index (χ4n) is 3.02. The van der Waals surface area contributed by atoms with Gasteiger partial charge in [0.1, 0.15) is 12.0 Å². The number of nitrogens with zero attached hydrogens (tertiary/aromatic N) is 6. The summed E-state index contributed by atoms with van der Waals surface area (Å²) in [4.78, 5) is 17.9. The minimum atomic E-state index is -0.240. The molecule has 0 unspecified atom stereocenters. The van der Waals surface area contributed by atoms with E-state index >= 15 is 0 Å². The van der Waals surface area contributed by atoms with Gasteiger partial charge in [0.05, 0.1) is 19.7 Å². The van der Waals surface area contributed by atoms with E-state index in [4.69, 9.17) is 14.6 Å². The van der Waals surface area contributed by atoms with E-state index < -0.39 is 0 Å². The molecule has 0 bridgehead atoms. The number of rotatable bonds is 5. The third-order valence-electron chi connectivity index (χ3n) is 4.31. The van der Waals surface area contributed by atoms with Gasteiger partial charge in [-0.3, -0.25) is 4.98 Å². The molecule has 0 amide bonds. The molecule has 4 rings (SSSR count). The maximum Gasteiger partial charge on any atom is 0.228 e. The zero-order valence-electron chi connectivity index (χ0n) is 17.5. The Balaban J connectivity index is 1.94. The second kappa shape index (κ2) is 7.58. The van der Waals surface area contributed by atoms with E-state index in [2.05, 4.69) is 46.0 Å². The summed E-state index contributed by atoms with van der Waals surface area (Å²) in [5.41, 5.74) is 1.13. The number of benzene rings is 1. The molecule has 0 aliphatic rings. The number of methoxy groups -OCH3 is 2. The number of fused-ring (bicyclic) bond motifs is 1. The van der Waals surface area contributed by atoms with Crippen molar-refractivity contribution < 1.29 is 9.47 Å². The van der Waals surface area contributed by atoms with Crippen LogP contribution in [-0.2, 0) is 0 Å². The molecular weight excluding hydrogens is 382 g/mol. The molecule has 1 aromatic carbocycles. The Kier molecular flexibility index (Phi) is 4.94. The summed E-state index contributed by atoms with van der Waals surface area (Å²) in [6, 6.07) is 9.27. The SMILES string of the molecule is COc1cc2ncnc(-n3nc(-c4ccccn4)nc3NC(C)(C)C)c2cc1OC. The van der Waals surface area contributed by atoms with Crippen LogP contribution in [0.2, 0.25) is 0 Å². The van der Waals surface area contributed by atoms with E-state index in [1.54, 1.807) is 25.1 Å². The maximum atomic E-state index is 5.47. The van der Waals surface area contributed by atoms with Crippen LogP contribution in [0.5, 0.6) is 11.5 Å². The molecule has 154 valence electrons. The maximum absolute atomic E-state index is 5.47. The first-order valence-electron chi connectivity index (χ1n) is 9.43. The lowest BCUT2D eigenvalue weighted by Crippen LogP contribution is -2.28. The molecule has 4 aromatic rings. The summed E-state index contributed by atoms with van der Waals surface area (Å²) in [5, 5.41) is 8.85. The summed E-state index contributed by atoms with van der Waals surface area (Å²) in [6.07, 6.45) is 3.21. The van der Waals surface area contributed by atoms with Crippen molar-refractivity contribution in [2.24, 2.45) is 0 Å². The predicted octanol–water partition coefficient (Wildman–Crippen LogP) is 3.50. The van der Waals surface area contributed by atoms with Gasteiger partial charge in [0, 0.05) is 23.2 Å². The number of hydrogen-bond acceptors (Lipinski definition) is 8. The molecule has 3 aromatic heterocycles. The van der Waals surface area contributed by atoms with Crippen molar-refractivity contribution in [2.45, 2.75) is 26.3 Å². The Bertz CT molecular complexity index is 1180. The molecular formula is C21H23N7O2. The normalized spacial score (nSPS) is 11.5. The van der Waals surface area contributed by atoms with Gasteiger partial charge in [-0.15, -0.1) is 5.10 Å². The van der Waals surface area contributed by atoms with Crippen LogP contribution >= 0.6 is 0 Å². The zero-order chi connectivity index (χ0) is 21.3. The lowest BCUT2D eigenvalue weighted by atomic mass is 10.1. The third kappa shape index (κ3) is 3.73. The minimum absolute atomic E-state index is 0.240. The Hall–Kier alpha value is -3.75. The van der Waals surface area contributed by atoms with E-state index in [0.717, 1.165) is 5.39 Å². The average Bonchev–Trinajstić information content (AvgIpc) is 3.14. The van der Waals surface area contributed by atoms with Crippen LogP contribution < -0.4 is 14.8 Å². The molecule has 0 atom stereocenters. The van der Waals surface area contributed by atoms with E-state index in [-0.39, 0.29) is 5.54 Å². The first-order chi connectivity index (χ1) is 14.4. The first kappa shape index (κ1) is 19.6. The number of pyridine rings is 1. The molecule has 0 saturated carbocycles. The molecule has 0 aliphatic heterocycles. The van der Waals surface area contributed by atoms with Crippen LogP contribution in [0.1, 0.15) is 20.8 Å². The van der Waals surface area contributed by atoms with Crippen molar-refractivity contribution in [3.05, 3.63) is 42.9 Å². The molecule has 0 spiro atoms. The molecule has 0 radical (unpaired) electrons. The lowest BCUT2D eigenvalue weighted by molar-refractivity contribution is 0.355. The molecule has 9 nitrogen and oxygen atoms in total. The second-order valence-corrected chi connectivity index (χ2v) is 7.68. The molecule has 0 aliphatic carbocycles. The zero-order valence-corrected chi connectivity index (χ0v) is 17.5. The van der Waals surface area contributed by atoms with Crippen LogP contribution in [0, 0.1) is 0 Å². The number of hydrogen-bond donors (Lipinski definition) is 1. The van der Waals surface area contributed by atoms with Crippen molar-refractivity contribution in [1.82, 2.24) is 29.7 Å². The highest BCUT2D eigenvalue weighted by Crippen LogP contribution is 2.34. The van der Waals surface area contributed by atoms with Crippen molar-refractivity contribution >= 4 is 16.9 Å². The van der Waals surface area contributed by atoms with Gasteiger partial charge in [0.15, 0.2) is 17.3 Å². The fraction of sp³-hybridized carbons (Fsp3) is 0.286. The summed E-state index contributed by atoms with van der Waals surface area (Å²) < 4.78 is 12.5. The van der Waals surface area contributed by atoms with E-state index in [9.17, 15) is 0 Å². The Labute approximate surface area is 174 Å². The number of nitrogens with one attached hydrogen (secondary N) is 1. The highest BCUT2D eigenvalue weighted by molar-refractivity contribution is 5.88. The molecule has 9 heteroatoms. The number of anilines is 1. The average molecular weight is 405 g/mol. The summed E-state index contributed by atoms with van der Waals surface area (Å²) in [7, 11) is 3.18. The van der Waals surface area contributed by atoms with E-state index in [1.807, 2.05) is 30.3 Å². The fourth-order valence-corrected chi connectivity index (χ4v) is 3.02. The Morgan fingerprint density at radius 2 is 1.73 bits per heavy atom. The van der Waals surface area contributed by atoms with E-state index in [0.29, 0.717) is 40.3 Å². The molecule has 0 saturated heterocycles. The number of aromatic nitrogens is 6. The second-order valence-electron chi connectivity index (χ2n) is 7.68. The van der Waals surface area contributed by atoms with Crippen LogP contribution in [0.3, 0.4) is 0 Å². The highest BCUT2D eigenvalue weighted by atomic mass is 16.5. The summed E-state index contributed by atoms with van der Waals surface area (Å²) >= 11 is 0. The number of ether oxygens (including phenoxy) is 2. The first-order valence-corrected chi connectivity index (χ1v) is 9.43. The summed E-state index contributed by atoms with van der Waals surface area (Å²) in [6.45, 7) is 6.16. The molecule has 3 heterocycles. The lowest BCUT2D eigenvalue weighted by Gasteiger charge is -2.21. The van der Waals surface area contributed by atoms with Gasteiger partial charge < -0.3 is 14.8 Å². The smallest absolute Gasteiger partial charge is 0.228 e. The third-order valence-corrected chi connectivity index (χ3v) is 4.31. The van der Waals surface area contributed by atoms with Gasteiger partial charge in [0.2, 0.25) is 11.8 Å². The predicted molar refractivity (Wildman–Crippen MR) is 114 cm³/mol. The van der Waals surface area contributed by atoms with Crippen molar-refractivity contribution in [3.63, 3.8) is 0 Å². The standard InChI is InChI=1S/C21H23N7O2/c1-21(2,3)26-20-25-18(14-8-6-7-9-22-14)27-28(20)19-13-10-16(29-4)17(30-5)11-15(13)23-12-24-19/h6-12H,1-5H3,(H,25,26,27). The quantitative estimate of drug-likeness (QED) is 0.538. The topological polar surface area (TPSA) is 99.9 Å². The highest BCUT2D eigenvalue weighted by Gasteiger charge is 2.21. The molecule has 30 heavy (non-hydrogen) atoms. The molecule has 0 fully saturated rings. The minimum Gasteiger partial charge on any atom is -0.493 e. The van der Waals surface area contributed by atoms with E-state index in [1.165, 1.54) is 6.33 Å². The van der Waals surface area contributed by atoms with Crippen molar-refractivity contribution in [3.8, 4) is 28.8 Å². The van der Waals surface area contributed by atoms with Gasteiger partial charge in [-0.25, -0.2) is 9.97 Å². The van der Waals surface area contributed by atoms with Gasteiger partial charge in [-0.05, 0) is 39.0 Å². The van der Waals surface area contributed by atoms with Gasteiger partial charge in [0.25, 0.3) is 0 Å². The van der Waals surface area contributed by atoms with Crippen LogP contribution in [0.25, 0.3) is 28.2 Å². The van der Waals surface area contributed by atoms with Gasteiger partial charge in [-0.1, -0.05) is 6.07 Å². The van der Waals surface area contributed by atoms with Gasteiger partial charge >= 0.3 is 0 Å². The van der Waals surface area contributed by atoms with Crippen LogP contribution in [-0.4, -0.2) is 49.5 Å².